The lowest BCUT2D eigenvalue weighted by Gasteiger charge is -2.33. The number of hydrogen-bond acceptors (Lipinski definition) is 5. The molecule has 0 saturated carbocycles. The molecule has 7 heteroatoms. The number of aromatic nitrogens is 2. The lowest BCUT2D eigenvalue weighted by molar-refractivity contribution is 0.103. The van der Waals surface area contributed by atoms with Gasteiger partial charge in [0.15, 0.2) is 5.13 Å². The summed E-state index contributed by atoms with van der Waals surface area (Å²) in [6.07, 6.45) is 3.15. The molecule has 5 nitrogen and oxygen atoms in total. The highest BCUT2D eigenvalue weighted by Crippen LogP contribution is 2.40. The molecule has 1 aliphatic carbocycles. The summed E-state index contributed by atoms with van der Waals surface area (Å²) in [5, 5.41) is 3.48. The number of fused-ring (bicyclic) bond motifs is 1. The summed E-state index contributed by atoms with van der Waals surface area (Å²) < 4.78 is 0. The van der Waals surface area contributed by atoms with Crippen LogP contribution in [0.5, 0.6) is 0 Å². The third-order valence-corrected chi connectivity index (χ3v) is 6.43. The maximum atomic E-state index is 12.3. The fourth-order valence-corrected chi connectivity index (χ4v) is 4.76. The van der Waals surface area contributed by atoms with E-state index in [1.165, 1.54) is 4.88 Å². The van der Waals surface area contributed by atoms with Crippen LogP contribution >= 0.6 is 22.7 Å². The van der Waals surface area contributed by atoms with Crippen molar-refractivity contribution in [2.24, 2.45) is 11.3 Å². The number of hydrogen-bond donors (Lipinski definition) is 2. The Kier molecular flexibility index (Phi) is 4.18. The van der Waals surface area contributed by atoms with Gasteiger partial charge in [-0.2, -0.15) is 0 Å². The van der Waals surface area contributed by atoms with Crippen LogP contribution in [0.4, 0.5) is 5.13 Å². The van der Waals surface area contributed by atoms with Crippen LogP contribution in [0.3, 0.4) is 0 Å². The number of amides is 1. The first-order chi connectivity index (χ1) is 10.7. The summed E-state index contributed by atoms with van der Waals surface area (Å²) in [4.78, 5) is 32.3. The van der Waals surface area contributed by atoms with Gasteiger partial charge in [0.2, 0.25) is 0 Å². The number of rotatable bonds is 2. The molecule has 0 aliphatic heterocycles. The molecule has 0 spiro atoms. The van der Waals surface area contributed by atoms with Crippen LogP contribution in [-0.4, -0.2) is 15.9 Å². The molecule has 0 radical (unpaired) electrons. The van der Waals surface area contributed by atoms with Crippen LogP contribution < -0.4 is 10.2 Å². The Balaban J connectivity index is 1.77. The Bertz CT molecular complexity index is 795. The Morgan fingerprint density at radius 2 is 2.09 bits per heavy atom. The van der Waals surface area contributed by atoms with Crippen molar-refractivity contribution < 1.29 is 4.79 Å². The van der Waals surface area contributed by atoms with Gasteiger partial charge in [0.25, 0.3) is 5.91 Å². The first-order valence-corrected chi connectivity index (χ1v) is 9.37. The SMILES string of the molecule is Cc1[nH]c(=O)sc1C(=O)Nc1nc2c(s1)CC(C(C)(C)C)CC2. The molecule has 1 aliphatic rings. The molecule has 1 amide bonds. The predicted octanol–water partition coefficient (Wildman–Crippen LogP) is 3.60. The molecular formula is C16H21N3O2S2. The molecule has 1 unspecified atom stereocenters. The minimum atomic E-state index is -0.260. The standard InChI is InChI=1S/C16H21N3O2S2/c1-8-12(23-15(21)17-8)13(20)19-14-18-10-6-5-9(16(2,3)4)7-11(10)22-14/h9H,5-7H2,1-4H3,(H,17,21)(H,18,19,20). The van der Waals surface area contributed by atoms with Crippen molar-refractivity contribution in [3.05, 3.63) is 30.8 Å². The van der Waals surface area contributed by atoms with Crippen molar-refractivity contribution >= 4 is 33.7 Å². The van der Waals surface area contributed by atoms with Crippen molar-refractivity contribution in [2.75, 3.05) is 5.32 Å². The quantitative estimate of drug-likeness (QED) is 0.868. The van der Waals surface area contributed by atoms with Crippen LogP contribution in [0.25, 0.3) is 0 Å². The van der Waals surface area contributed by atoms with Gasteiger partial charge in [0.1, 0.15) is 4.88 Å². The number of nitrogens with one attached hydrogen (secondary N) is 2. The fraction of sp³-hybridized carbons (Fsp3) is 0.562. The molecule has 2 aromatic heterocycles. The molecule has 2 N–H and O–H groups in total. The van der Waals surface area contributed by atoms with Gasteiger partial charge in [-0.3, -0.25) is 14.9 Å². The van der Waals surface area contributed by atoms with Crippen molar-refractivity contribution in [1.82, 2.24) is 9.97 Å². The number of nitrogens with zero attached hydrogens (tertiary/aromatic N) is 1. The first kappa shape index (κ1) is 16.4. The molecule has 2 heterocycles. The predicted molar refractivity (Wildman–Crippen MR) is 94.7 cm³/mol. The summed E-state index contributed by atoms with van der Waals surface area (Å²) in [5.41, 5.74) is 2.01. The minimum absolute atomic E-state index is 0.209. The Morgan fingerprint density at radius 1 is 1.35 bits per heavy atom. The van der Waals surface area contributed by atoms with Crippen LogP contribution in [0, 0.1) is 18.3 Å². The van der Waals surface area contributed by atoms with E-state index >= 15 is 0 Å². The number of thiazole rings is 2. The molecule has 124 valence electrons. The van der Waals surface area contributed by atoms with Gasteiger partial charge in [-0.15, -0.1) is 11.3 Å². The van der Waals surface area contributed by atoms with Crippen molar-refractivity contribution in [3.63, 3.8) is 0 Å². The summed E-state index contributed by atoms with van der Waals surface area (Å²) in [6, 6.07) is 0. The van der Waals surface area contributed by atoms with Gasteiger partial charge < -0.3 is 4.98 Å². The highest BCUT2D eigenvalue weighted by atomic mass is 32.1. The summed E-state index contributed by atoms with van der Waals surface area (Å²) in [6.45, 7) is 8.57. The second-order valence-corrected chi connectivity index (χ2v) is 9.18. The Morgan fingerprint density at radius 3 is 2.70 bits per heavy atom. The zero-order valence-electron chi connectivity index (χ0n) is 13.8. The molecular weight excluding hydrogens is 330 g/mol. The number of anilines is 1. The topological polar surface area (TPSA) is 74.8 Å². The van der Waals surface area contributed by atoms with E-state index < -0.39 is 0 Å². The van der Waals surface area contributed by atoms with E-state index in [4.69, 9.17) is 0 Å². The molecule has 23 heavy (non-hydrogen) atoms. The van der Waals surface area contributed by atoms with E-state index in [-0.39, 0.29) is 10.8 Å². The lowest BCUT2D eigenvalue weighted by atomic mass is 9.73. The first-order valence-electron chi connectivity index (χ1n) is 7.73. The van der Waals surface area contributed by atoms with E-state index in [0.29, 0.717) is 27.0 Å². The van der Waals surface area contributed by atoms with Gasteiger partial charge in [0, 0.05) is 10.6 Å². The average molecular weight is 351 g/mol. The molecule has 1 atom stereocenters. The van der Waals surface area contributed by atoms with Crippen LogP contribution in [0.1, 0.15) is 53.1 Å². The summed E-state index contributed by atoms with van der Waals surface area (Å²) in [5.74, 6) is 0.389. The van der Waals surface area contributed by atoms with Crippen molar-refractivity contribution in [3.8, 4) is 0 Å². The van der Waals surface area contributed by atoms with Gasteiger partial charge >= 0.3 is 4.87 Å². The van der Waals surface area contributed by atoms with Gasteiger partial charge in [-0.25, -0.2) is 4.98 Å². The highest BCUT2D eigenvalue weighted by Gasteiger charge is 2.31. The van der Waals surface area contributed by atoms with E-state index in [1.807, 2.05) is 0 Å². The number of carbonyl (C=O) groups excluding carboxylic acids is 1. The second-order valence-electron chi connectivity index (χ2n) is 7.12. The maximum absolute atomic E-state index is 12.3. The average Bonchev–Trinajstić information content (AvgIpc) is 2.98. The fourth-order valence-electron chi connectivity index (χ4n) is 2.94. The van der Waals surface area contributed by atoms with Gasteiger partial charge in [0.05, 0.1) is 5.69 Å². The third kappa shape index (κ3) is 3.40. The van der Waals surface area contributed by atoms with Crippen molar-refractivity contribution in [2.45, 2.75) is 47.0 Å². The summed E-state index contributed by atoms with van der Waals surface area (Å²) >= 11 is 2.50. The lowest BCUT2D eigenvalue weighted by Crippen LogP contribution is -2.26. The normalized spacial score (nSPS) is 17.8. The largest absolute Gasteiger partial charge is 0.316 e. The number of H-pyrrole nitrogens is 1. The number of aromatic amines is 1. The molecule has 2 aromatic rings. The van der Waals surface area contributed by atoms with Crippen LogP contribution in [-0.2, 0) is 12.8 Å². The minimum Gasteiger partial charge on any atom is -0.316 e. The van der Waals surface area contributed by atoms with Crippen LogP contribution in [0.2, 0.25) is 0 Å². The van der Waals surface area contributed by atoms with E-state index in [9.17, 15) is 9.59 Å². The van der Waals surface area contributed by atoms with Gasteiger partial charge in [-0.05, 0) is 37.5 Å². The zero-order valence-corrected chi connectivity index (χ0v) is 15.4. The van der Waals surface area contributed by atoms with Crippen molar-refractivity contribution in [1.29, 1.82) is 0 Å². The van der Waals surface area contributed by atoms with E-state index in [2.05, 4.69) is 36.1 Å². The monoisotopic (exact) mass is 351 g/mol. The third-order valence-electron chi connectivity index (χ3n) is 4.42. The number of carbonyl (C=O) groups is 1. The van der Waals surface area contributed by atoms with Crippen LogP contribution in [0.15, 0.2) is 4.79 Å². The maximum Gasteiger partial charge on any atom is 0.305 e. The Hall–Kier alpha value is -1.47. The molecule has 0 bridgehead atoms. The smallest absolute Gasteiger partial charge is 0.305 e. The van der Waals surface area contributed by atoms with Gasteiger partial charge in [-0.1, -0.05) is 32.1 Å². The zero-order chi connectivity index (χ0) is 16.8. The van der Waals surface area contributed by atoms with E-state index in [1.54, 1.807) is 18.3 Å². The Labute approximate surface area is 143 Å². The highest BCUT2D eigenvalue weighted by molar-refractivity contribution is 7.16. The molecule has 0 aromatic carbocycles. The number of aryl methyl sites for hydroxylation is 2. The second kappa shape index (κ2) is 5.87. The molecule has 3 rings (SSSR count). The summed E-state index contributed by atoms with van der Waals surface area (Å²) in [7, 11) is 0. The molecule has 0 fully saturated rings. The molecule has 0 saturated heterocycles. The van der Waals surface area contributed by atoms with E-state index in [0.717, 1.165) is 36.3 Å².